The Morgan fingerprint density at radius 1 is 1.04 bits per heavy atom. The van der Waals surface area contributed by atoms with Gasteiger partial charge in [0.15, 0.2) is 0 Å². The van der Waals surface area contributed by atoms with E-state index in [0.717, 1.165) is 29.2 Å². The summed E-state index contributed by atoms with van der Waals surface area (Å²) in [5.41, 5.74) is 2.42. The molecule has 3 aromatic rings. The van der Waals surface area contributed by atoms with E-state index in [1.807, 2.05) is 30.3 Å². The SMILES string of the molecule is CC(Cc1nnc(SCCc2ccccc2Cl)o1)c1ccccc1. The van der Waals surface area contributed by atoms with Gasteiger partial charge in [-0.2, -0.15) is 0 Å². The first kappa shape index (κ1) is 17.1. The second kappa shape index (κ2) is 8.36. The van der Waals surface area contributed by atoms with Crippen LogP contribution in [0.2, 0.25) is 5.02 Å². The molecule has 0 saturated carbocycles. The topological polar surface area (TPSA) is 38.9 Å². The first-order chi connectivity index (χ1) is 11.7. The quantitative estimate of drug-likeness (QED) is 0.530. The van der Waals surface area contributed by atoms with E-state index in [9.17, 15) is 0 Å². The fourth-order valence-electron chi connectivity index (χ4n) is 2.49. The zero-order valence-electron chi connectivity index (χ0n) is 13.5. The van der Waals surface area contributed by atoms with E-state index in [4.69, 9.17) is 16.0 Å². The Morgan fingerprint density at radius 3 is 2.58 bits per heavy atom. The van der Waals surface area contributed by atoms with Gasteiger partial charge < -0.3 is 4.42 Å². The van der Waals surface area contributed by atoms with Crippen LogP contribution in [0.15, 0.2) is 64.2 Å². The van der Waals surface area contributed by atoms with Crippen LogP contribution in [0.1, 0.15) is 29.9 Å². The van der Waals surface area contributed by atoms with Gasteiger partial charge in [-0.15, -0.1) is 10.2 Å². The number of hydrogen-bond donors (Lipinski definition) is 0. The normalized spacial score (nSPS) is 12.2. The molecule has 0 aliphatic carbocycles. The number of halogens is 1. The zero-order chi connectivity index (χ0) is 16.8. The molecule has 3 rings (SSSR count). The van der Waals surface area contributed by atoms with Crippen molar-refractivity contribution in [1.29, 1.82) is 0 Å². The lowest BCUT2D eigenvalue weighted by Gasteiger charge is -2.08. The van der Waals surface area contributed by atoms with Crippen molar-refractivity contribution in [3.63, 3.8) is 0 Å². The molecule has 2 aromatic carbocycles. The fraction of sp³-hybridized carbons (Fsp3) is 0.263. The van der Waals surface area contributed by atoms with Gasteiger partial charge in [-0.25, -0.2) is 0 Å². The summed E-state index contributed by atoms with van der Waals surface area (Å²) in [5.74, 6) is 1.90. The maximum absolute atomic E-state index is 6.16. The highest BCUT2D eigenvalue weighted by molar-refractivity contribution is 7.99. The van der Waals surface area contributed by atoms with Gasteiger partial charge in [0, 0.05) is 17.2 Å². The van der Waals surface area contributed by atoms with E-state index in [2.05, 4.69) is 41.4 Å². The third-order valence-electron chi connectivity index (χ3n) is 3.85. The van der Waals surface area contributed by atoms with Crippen molar-refractivity contribution in [1.82, 2.24) is 10.2 Å². The Balaban J connectivity index is 1.51. The largest absolute Gasteiger partial charge is 0.416 e. The van der Waals surface area contributed by atoms with Crippen LogP contribution in [-0.2, 0) is 12.8 Å². The van der Waals surface area contributed by atoms with E-state index in [1.54, 1.807) is 11.8 Å². The van der Waals surface area contributed by atoms with Gasteiger partial charge in [-0.1, -0.05) is 78.8 Å². The summed E-state index contributed by atoms with van der Waals surface area (Å²) in [6.45, 7) is 2.17. The first-order valence-corrected chi connectivity index (χ1v) is 9.32. The van der Waals surface area contributed by atoms with Crippen molar-refractivity contribution in [2.75, 3.05) is 5.75 Å². The highest BCUT2D eigenvalue weighted by Crippen LogP contribution is 2.24. The molecule has 1 heterocycles. The van der Waals surface area contributed by atoms with Crippen LogP contribution >= 0.6 is 23.4 Å². The van der Waals surface area contributed by atoms with Crippen molar-refractivity contribution in [3.8, 4) is 0 Å². The smallest absolute Gasteiger partial charge is 0.276 e. The molecule has 0 saturated heterocycles. The van der Waals surface area contributed by atoms with Crippen LogP contribution in [0.4, 0.5) is 0 Å². The second-order valence-electron chi connectivity index (χ2n) is 5.67. The second-order valence-corrected chi connectivity index (χ2v) is 7.12. The van der Waals surface area contributed by atoms with Crippen molar-refractivity contribution in [2.24, 2.45) is 0 Å². The van der Waals surface area contributed by atoms with Crippen molar-refractivity contribution in [3.05, 3.63) is 76.6 Å². The Kier molecular flexibility index (Phi) is 5.94. The van der Waals surface area contributed by atoms with Crippen LogP contribution in [0.25, 0.3) is 0 Å². The zero-order valence-corrected chi connectivity index (χ0v) is 15.1. The monoisotopic (exact) mass is 358 g/mol. The Hall–Kier alpha value is -1.78. The van der Waals surface area contributed by atoms with Gasteiger partial charge in [0.1, 0.15) is 0 Å². The van der Waals surface area contributed by atoms with Crippen molar-refractivity contribution in [2.45, 2.75) is 30.9 Å². The average Bonchev–Trinajstić information content (AvgIpc) is 3.05. The van der Waals surface area contributed by atoms with Crippen molar-refractivity contribution < 1.29 is 4.42 Å². The fourth-order valence-corrected chi connectivity index (χ4v) is 3.47. The molecule has 1 unspecified atom stereocenters. The van der Waals surface area contributed by atoms with Crippen LogP contribution < -0.4 is 0 Å². The summed E-state index contributed by atoms with van der Waals surface area (Å²) < 4.78 is 5.75. The maximum atomic E-state index is 6.16. The molecule has 24 heavy (non-hydrogen) atoms. The number of aryl methyl sites for hydroxylation is 1. The summed E-state index contributed by atoms with van der Waals surface area (Å²) in [4.78, 5) is 0. The minimum Gasteiger partial charge on any atom is -0.416 e. The van der Waals surface area contributed by atoms with Gasteiger partial charge in [0.25, 0.3) is 5.22 Å². The van der Waals surface area contributed by atoms with Crippen LogP contribution in [0.3, 0.4) is 0 Å². The molecule has 0 aliphatic heterocycles. The Bertz CT molecular complexity index is 776. The summed E-state index contributed by atoms with van der Waals surface area (Å²) in [6.07, 6.45) is 1.63. The van der Waals surface area contributed by atoms with Gasteiger partial charge in [0.2, 0.25) is 5.89 Å². The predicted octanol–water partition coefficient (Wildman–Crippen LogP) is 5.40. The molecular formula is C19H19ClN2OS. The molecule has 0 amide bonds. The maximum Gasteiger partial charge on any atom is 0.276 e. The lowest BCUT2D eigenvalue weighted by Crippen LogP contribution is -1.98. The minimum atomic E-state index is 0.354. The number of aromatic nitrogens is 2. The van der Waals surface area contributed by atoms with Crippen LogP contribution in [-0.4, -0.2) is 16.0 Å². The van der Waals surface area contributed by atoms with E-state index < -0.39 is 0 Å². The highest BCUT2D eigenvalue weighted by Gasteiger charge is 2.12. The standard InChI is InChI=1S/C19H19ClN2OS/c1-14(15-7-3-2-4-8-15)13-18-21-22-19(23-18)24-12-11-16-9-5-6-10-17(16)20/h2-10,14H,11-13H2,1H3. The van der Waals surface area contributed by atoms with Crippen LogP contribution in [0.5, 0.6) is 0 Å². The Labute approximate surface area is 151 Å². The molecule has 124 valence electrons. The van der Waals surface area contributed by atoms with Crippen molar-refractivity contribution >= 4 is 23.4 Å². The third-order valence-corrected chi connectivity index (χ3v) is 5.04. The van der Waals surface area contributed by atoms with E-state index in [1.165, 1.54) is 5.56 Å². The molecule has 0 aliphatic rings. The summed E-state index contributed by atoms with van der Waals surface area (Å²) >= 11 is 7.73. The van der Waals surface area contributed by atoms with Gasteiger partial charge >= 0.3 is 0 Å². The number of hydrogen-bond acceptors (Lipinski definition) is 4. The van der Waals surface area contributed by atoms with Gasteiger partial charge in [-0.3, -0.25) is 0 Å². The molecule has 5 heteroatoms. The molecule has 0 radical (unpaired) electrons. The molecule has 3 nitrogen and oxygen atoms in total. The van der Waals surface area contributed by atoms with E-state index in [-0.39, 0.29) is 0 Å². The molecule has 0 spiro atoms. The first-order valence-electron chi connectivity index (χ1n) is 7.96. The van der Waals surface area contributed by atoms with E-state index >= 15 is 0 Å². The number of benzene rings is 2. The number of nitrogens with zero attached hydrogens (tertiary/aromatic N) is 2. The van der Waals surface area contributed by atoms with Gasteiger partial charge in [-0.05, 0) is 29.5 Å². The van der Waals surface area contributed by atoms with Gasteiger partial charge in [0.05, 0.1) is 0 Å². The molecule has 0 N–H and O–H groups in total. The minimum absolute atomic E-state index is 0.354. The molecule has 0 bridgehead atoms. The molecular weight excluding hydrogens is 340 g/mol. The summed E-state index contributed by atoms with van der Waals surface area (Å²) in [5, 5.41) is 9.72. The third kappa shape index (κ3) is 4.62. The molecule has 0 fully saturated rings. The lowest BCUT2D eigenvalue weighted by molar-refractivity contribution is 0.404. The predicted molar refractivity (Wildman–Crippen MR) is 98.7 cm³/mol. The van der Waals surface area contributed by atoms with Crippen LogP contribution in [0, 0.1) is 0 Å². The number of thioether (sulfide) groups is 1. The lowest BCUT2D eigenvalue weighted by atomic mass is 9.98. The molecule has 1 aromatic heterocycles. The highest BCUT2D eigenvalue weighted by atomic mass is 35.5. The Morgan fingerprint density at radius 2 is 1.79 bits per heavy atom. The average molecular weight is 359 g/mol. The summed E-state index contributed by atoms with van der Waals surface area (Å²) in [6, 6.07) is 18.3. The summed E-state index contributed by atoms with van der Waals surface area (Å²) in [7, 11) is 0. The number of rotatable bonds is 7. The van der Waals surface area contributed by atoms with E-state index in [0.29, 0.717) is 17.0 Å². The molecule has 1 atom stereocenters.